The van der Waals surface area contributed by atoms with Gasteiger partial charge in [-0.3, -0.25) is 0 Å². The molecule has 96 valence electrons. The lowest BCUT2D eigenvalue weighted by molar-refractivity contribution is 0.198. The summed E-state index contributed by atoms with van der Waals surface area (Å²) in [5.41, 5.74) is 5.95. The second-order valence-electron chi connectivity index (χ2n) is 3.61. The molecule has 0 heterocycles. The number of nitrogen functional groups attached to an aromatic ring is 1. The molecular formula is C10H16N2O4S. The van der Waals surface area contributed by atoms with Gasteiger partial charge in [0.25, 0.3) is 0 Å². The van der Waals surface area contributed by atoms with E-state index in [9.17, 15) is 8.42 Å². The van der Waals surface area contributed by atoms with Crippen molar-refractivity contribution in [1.29, 1.82) is 0 Å². The van der Waals surface area contributed by atoms with Crippen LogP contribution in [-0.4, -0.2) is 33.3 Å². The zero-order valence-corrected chi connectivity index (χ0v) is 10.5. The predicted octanol–water partition coefficient (Wildman–Crippen LogP) is -0.0635. The molecule has 0 amide bonds. The fourth-order valence-corrected chi connectivity index (χ4v) is 2.48. The highest BCUT2D eigenvalue weighted by molar-refractivity contribution is 7.89. The van der Waals surface area contributed by atoms with Gasteiger partial charge in [-0.25, -0.2) is 13.1 Å². The average Bonchev–Trinajstić information content (AvgIpc) is 2.26. The summed E-state index contributed by atoms with van der Waals surface area (Å²) in [5.74, 6) is 0.170. The average molecular weight is 260 g/mol. The third-order valence-electron chi connectivity index (χ3n) is 2.05. The van der Waals surface area contributed by atoms with Gasteiger partial charge in [-0.15, -0.1) is 0 Å². The van der Waals surface area contributed by atoms with Crippen molar-refractivity contribution in [3.63, 3.8) is 0 Å². The van der Waals surface area contributed by atoms with Crippen molar-refractivity contribution in [3.8, 4) is 5.75 Å². The molecule has 6 nitrogen and oxygen atoms in total. The van der Waals surface area contributed by atoms with Crippen LogP contribution in [0.15, 0.2) is 23.1 Å². The molecule has 0 spiro atoms. The van der Waals surface area contributed by atoms with E-state index in [2.05, 4.69) is 4.72 Å². The van der Waals surface area contributed by atoms with Crippen molar-refractivity contribution in [2.75, 3.05) is 19.4 Å². The normalized spacial score (nSPS) is 13.4. The fraction of sp³-hybridized carbons (Fsp3) is 0.400. The van der Waals surface area contributed by atoms with Crippen molar-refractivity contribution in [1.82, 2.24) is 4.72 Å². The fourth-order valence-electron chi connectivity index (χ4n) is 1.21. The number of sulfonamides is 1. The van der Waals surface area contributed by atoms with E-state index in [4.69, 9.17) is 15.6 Å². The van der Waals surface area contributed by atoms with Gasteiger partial charge in [0.05, 0.1) is 13.2 Å². The topological polar surface area (TPSA) is 102 Å². The van der Waals surface area contributed by atoms with E-state index >= 15 is 0 Å². The van der Waals surface area contributed by atoms with Gasteiger partial charge in [0.1, 0.15) is 10.6 Å². The zero-order chi connectivity index (χ0) is 13.1. The highest BCUT2D eigenvalue weighted by atomic mass is 32.2. The molecule has 1 unspecified atom stereocenters. The molecule has 4 N–H and O–H groups in total. The van der Waals surface area contributed by atoms with Gasteiger partial charge in [-0.2, -0.15) is 0 Å². The minimum atomic E-state index is -3.71. The van der Waals surface area contributed by atoms with Gasteiger partial charge < -0.3 is 15.6 Å². The summed E-state index contributed by atoms with van der Waals surface area (Å²) < 4.78 is 31.0. The number of hydrogen-bond donors (Lipinski definition) is 3. The van der Waals surface area contributed by atoms with Crippen LogP contribution >= 0.6 is 0 Å². The van der Waals surface area contributed by atoms with Crippen LogP contribution in [0.1, 0.15) is 6.92 Å². The van der Waals surface area contributed by atoms with E-state index < -0.39 is 16.1 Å². The molecule has 0 fully saturated rings. The van der Waals surface area contributed by atoms with Gasteiger partial charge in [0, 0.05) is 18.3 Å². The SMILES string of the molecule is COc1cc(N)ccc1S(=O)(=O)NCC(C)O. The standard InChI is InChI=1S/C10H16N2O4S/c1-7(13)6-12-17(14,15)10-4-3-8(11)5-9(10)16-2/h3-5,7,12-13H,6,11H2,1-2H3. The smallest absolute Gasteiger partial charge is 0.244 e. The first-order chi connectivity index (χ1) is 7.86. The Morgan fingerprint density at radius 3 is 2.71 bits per heavy atom. The van der Waals surface area contributed by atoms with Crippen LogP contribution in [0.3, 0.4) is 0 Å². The number of aliphatic hydroxyl groups excluding tert-OH is 1. The Hall–Kier alpha value is -1.31. The number of anilines is 1. The Labute approximate surface area is 100 Å². The Bertz CT molecular complexity index is 485. The van der Waals surface area contributed by atoms with Crippen molar-refractivity contribution < 1.29 is 18.3 Å². The third kappa shape index (κ3) is 3.58. The van der Waals surface area contributed by atoms with Crippen LogP contribution in [0.2, 0.25) is 0 Å². The number of aliphatic hydroxyl groups is 1. The molecule has 0 aliphatic carbocycles. The molecule has 1 aromatic carbocycles. The van der Waals surface area contributed by atoms with E-state index in [1.54, 1.807) is 0 Å². The van der Waals surface area contributed by atoms with Crippen molar-refractivity contribution >= 4 is 15.7 Å². The quantitative estimate of drug-likeness (QED) is 0.644. The molecule has 1 atom stereocenters. The first-order valence-corrected chi connectivity index (χ1v) is 6.46. The van der Waals surface area contributed by atoms with E-state index in [-0.39, 0.29) is 17.2 Å². The molecule has 17 heavy (non-hydrogen) atoms. The minimum Gasteiger partial charge on any atom is -0.495 e. The number of hydrogen-bond acceptors (Lipinski definition) is 5. The van der Waals surface area contributed by atoms with Gasteiger partial charge in [0.2, 0.25) is 10.0 Å². The van der Waals surface area contributed by atoms with Crippen LogP contribution in [0, 0.1) is 0 Å². The number of nitrogens with one attached hydrogen (secondary N) is 1. The molecule has 0 bridgehead atoms. The number of benzene rings is 1. The van der Waals surface area contributed by atoms with Crippen LogP contribution in [0.4, 0.5) is 5.69 Å². The summed E-state index contributed by atoms with van der Waals surface area (Å²) in [4.78, 5) is -0.00477. The molecule has 7 heteroatoms. The first-order valence-electron chi connectivity index (χ1n) is 4.98. The summed E-state index contributed by atoms with van der Waals surface area (Å²) in [5, 5.41) is 9.06. The lowest BCUT2D eigenvalue weighted by atomic mass is 10.3. The maximum atomic E-state index is 11.9. The summed E-state index contributed by atoms with van der Waals surface area (Å²) in [7, 11) is -2.34. The molecule has 1 rings (SSSR count). The molecule has 0 radical (unpaired) electrons. The predicted molar refractivity (Wildman–Crippen MR) is 64.3 cm³/mol. The van der Waals surface area contributed by atoms with Gasteiger partial charge >= 0.3 is 0 Å². The largest absolute Gasteiger partial charge is 0.495 e. The minimum absolute atomic E-state index is 0.00477. The van der Waals surface area contributed by atoms with Crippen LogP contribution in [0.5, 0.6) is 5.75 Å². The second-order valence-corrected chi connectivity index (χ2v) is 5.35. The summed E-state index contributed by atoms with van der Waals surface area (Å²) in [6, 6.07) is 4.26. The number of rotatable bonds is 5. The van der Waals surface area contributed by atoms with Gasteiger partial charge in [-0.1, -0.05) is 0 Å². The zero-order valence-electron chi connectivity index (χ0n) is 9.67. The molecule has 1 aromatic rings. The van der Waals surface area contributed by atoms with Crippen LogP contribution < -0.4 is 15.2 Å². The lowest BCUT2D eigenvalue weighted by Gasteiger charge is -2.12. The van der Waals surface area contributed by atoms with E-state index in [0.717, 1.165) is 0 Å². The van der Waals surface area contributed by atoms with E-state index in [0.29, 0.717) is 5.69 Å². The van der Waals surface area contributed by atoms with Crippen molar-refractivity contribution in [2.24, 2.45) is 0 Å². The van der Waals surface area contributed by atoms with E-state index in [1.807, 2.05) is 0 Å². The second kappa shape index (κ2) is 5.35. The van der Waals surface area contributed by atoms with Crippen LogP contribution in [-0.2, 0) is 10.0 Å². The van der Waals surface area contributed by atoms with Crippen molar-refractivity contribution in [3.05, 3.63) is 18.2 Å². The van der Waals surface area contributed by atoms with Gasteiger partial charge in [0.15, 0.2) is 0 Å². The molecule has 0 aromatic heterocycles. The lowest BCUT2D eigenvalue weighted by Crippen LogP contribution is -2.30. The maximum Gasteiger partial charge on any atom is 0.244 e. The number of methoxy groups -OCH3 is 1. The van der Waals surface area contributed by atoms with Crippen LogP contribution in [0.25, 0.3) is 0 Å². The Morgan fingerprint density at radius 2 is 2.18 bits per heavy atom. The highest BCUT2D eigenvalue weighted by Gasteiger charge is 2.19. The molecular weight excluding hydrogens is 244 g/mol. The molecule has 0 aliphatic rings. The summed E-state index contributed by atoms with van der Waals surface area (Å²) in [6.07, 6.45) is -0.760. The molecule has 0 saturated carbocycles. The summed E-state index contributed by atoms with van der Waals surface area (Å²) >= 11 is 0. The Morgan fingerprint density at radius 1 is 1.53 bits per heavy atom. The molecule has 0 aliphatic heterocycles. The Kier molecular flexibility index (Phi) is 4.33. The Balaban J connectivity index is 3.06. The summed E-state index contributed by atoms with van der Waals surface area (Å²) in [6.45, 7) is 1.43. The maximum absolute atomic E-state index is 11.9. The number of nitrogens with two attached hydrogens (primary N) is 1. The van der Waals surface area contributed by atoms with Crippen molar-refractivity contribution in [2.45, 2.75) is 17.9 Å². The monoisotopic (exact) mass is 260 g/mol. The highest BCUT2D eigenvalue weighted by Crippen LogP contribution is 2.25. The molecule has 0 saturated heterocycles. The third-order valence-corrected chi connectivity index (χ3v) is 3.51. The van der Waals surface area contributed by atoms with E-state index in [1.165, 1.54) is 32.2 Å². The van der Waals surface area contributed by atoms with Gasteiger partial charge in [-0.05, 0) is 19.1 Å². The number of ether oxygens (including phenoxy) is 1. The first kappa shape index (κ1) is 13.8.